The number of anilines is 1. The number of phosphoric ester groups is 1. The van der Waals surface area contributed by atoms with Gasteiger partial charge < -0.3 is 35.4 Å². The van der Waals surface area contributed by atoms with E-state index in [0.717, 1.165) is 6.33 Å². The number of aromatic amines is 1. The minimum Gasteiger partial charge on any atom is -0.387 e. The summed E-state index contributed by atoms with van der Waals surface area (Å²) in [6.45, 7) is 3.07. The summed E-state index contributed by atoms with van der Waals surface area (Å²) in [5.74, 6) is -0.350. The molecule has 3 rings (SSSR count). The van der Waals surface area contributed by atoms with Gasteiger partial charge in [-0.15, -0.1) is 0 Å². The molecule has 31 heavy (non-hydrogen) atoms. The second-order valence-electron chi connectivity index (χ2n) is 6.83. The summed E-state index contributed by atoms with van der Waals surface area (Å²) in [7, 11) is -4.81. The Kier molecular flexibility index (Phi) is 6.76. The second kappa shape index (κ2) is 9.00. The molecule has 1 aliphatic rings. The maximum atomic E-state index is 12.4. The molecule has 5 atom stereocenters. The number of nitrogens with one attached hydrogen (secondary N) is 3. The van der Waals surface area contributed by atoms with Crippen LogP contribution < -0.4 is 16.2 Å². The highest BCUT2D eigenvalue weighted by atomic mass is 31.2. The lowest BCUT2D eigenvalue weighted by atomic mass is 10.1. The molecule has 7 N–H and O–H groups in total. The lowest BCUT2D eigenvalue weighted by Crippen LogP contribution is -2.38. The lowest BCUT2D eigenvalue weighted by molar-refractivity contribution is -0.121. The lowest BCUT2D eigenvalue weighted by Gasteiger charge is -2.17. The average molecular weight is 462 g/mol. The van der Waals surface area contributed by atoms with E-state index < -0.39 is 50.6 Å². The number of rotatable bonds is 8. The normalized spacial score (nSPS) is 25.0. The maximum absolute atomic E-state index is 12.4. The first-order valence-electron chi connectivity index (χ1n) is 9.24. The number of aromatic nitrogens is 4. The molecule has 0 aromatic carbocycles. The highest BCUT2D eigenvalue weighted by Crippen LogP contribution is 2.38. The van der Waals surface area contributed by atoms with Crippen molar-refractivity contribution in [3.8, 4) is 0 Å². The highest BCUT2D eigenvalue weighted by molar-refractivity contribution is 7.46. The van der Waals surface area contributed by atoms with Crippen LogP contribution in [0.2, 0.25) is 0 Å². The molecule has 0 radical (unpaired) electrons. The standard InChI is InChI=1S/C15H23N6O9P/c1-3-16-12(24)6(2)18-15-19-11-8(13(25)20-15)17-5-21(11)14-10(23)9(22)7(30-14)4-29-31(26,27)28/h5-7,9-10,14,22-23H,3-4H2,1-2H3,(H,16,24)(H2,26,27,28)(H2,18,19,20,25)/t6-,7-,9-,10-,14-/m1/s1. The average Bonchev–Trinajstić information content (AvgIpc) is 3.22. The smallest absolute Gasteiger partial charge is 0.387 e. The highest BCUT2D eigenvalue weighted by Gasteiger charge is 2.45. The Balaban J connectivity index is 1.87. The van der Waals surface area contributed by atoms with E-state index in [4.69, 9.17) is 14.5 Å². The van der Waals surface area contributed by atoms with Crippen LogP contribution in [0.25, 0.3) is 11.2 Å². The molecule has 172 valence electrons. The van der Waals surface area contributed by atoms with Crippen molar-refractivity contribution in [2.75, 3.05) is 18.5 Å². The van der Waals surface area contributed by atoms with Crippen LogP contribution in [0.15, 0.2) is 11.1 Å². The van der Waals surface area contributed by atoms with E-state index in [2.05, 4.69) is 30.1 Å². The predicted octanol–water partition coefficient (Wildman–Crippen LogP) is -2.22. The molecule has 0 spiro atoms. The quantitative estimate of drug-likeness (QED) is 0.207. The Hall–Kier alpha value is -2.39. The number of hydrogen-bond acceptors (Lipinski definition) is 10. The van der Waals surface area contributed by atoms with Gasteiger partial charge in [-0.2, -0.15) is 4.98 Å². The molecule has 3 heterocycles. The summed E-state index contributed by atoms with van der Waals surface area (Å²) >= 11 is 0. The van der Waals surface area contributed by atoms with E-state index >= 15 is 0 Å². The van der Waals surface area contributed by atoms with Crippen LogP contribution in [-0.4, -0.2) is 82.9 Å². The fourth-order valence-corrected chi connectivity index (χ4v) is 3.39. The first-order valence-corrected chi connectivity index (χ1v) is 10.8. The monoisotopic (exact) mass is 462 g/mol. The summed E-state index contributed by atoms with van der Waals surface area (Å²) in [6.07, 6.45) is -4.44. The number of hydrogen-bond donors (Lipinski definition) is 7. The van der Waals surface area contributed by atoms with Gasteiger partial charge in [-0.3, -0.25) is 23.7 Å². The van der Waals surface area contributed by atoms with E-state index in [1.807, 2.05) is 0 Å². The van der Waals surface area contributed by atoms with E-state index in [1.54, 1.807) is 13.8 Å². The van der Waals surface area contributed by atoms with E-state index in [1.165, 1.54) is 4.57 Å². The summed E-state index contributed by atoms with van der Waals surface area (Å²) < 4.78 is 21.9. The number of carbonyl (C=O) groups is 1. The minimum atomic E-state index is -4.81. The Morgan fingerprint density at radius 2 is 2.13 bits per heavy atom. The molecular formula is C15H23N6O9P. The molecule has 1 amide bonds. The molecule has 1 fully saturated rings. The molecule has 0 saturated carbocycles. The van der Waals surface area contributed by atoms with E-state index in [9.17, 15) is 24.4 Å². The number of aliphatic hydroxyl groups excluding tert-OH is 2. The van der Waals surface area contributed by atoms with Gasteiger partial charge in [0, 0.05) is 6.54 Å². The number of amides is 1. The zero-order chi connectivity index (χ0) is 22.9. The Bertz CT molecular complexity index is 1050. The van der Waals surface area contributed by atoms with Crippen molar-refractivity contribution in [3.63, 3.8) is 0 Å². The molecular weight excluding hydrogens is 439 g/mol. The van der Waals surface area contributed by atoms with Gasteiger partial charge in [0.05, 0.1) is 12.9 Å². The van der Waals surface area contributed by atoms with Crippen LogP contribution in [0, 0.1) is 0 Å². The first kappa shape index (κ1) is 23.3. The van der Waals surface area contributed by atoms with E-state index in [0.29, 0.717) is 6.54 Å². The molecule has 0 unspecified atom stereocenters. The van der Waals surface area contributed by atoms with Crippen molar-refractivity contribution in [3.05, 3.63) is 16.7 Å². The third-order valence-corrected chi connectivity index (χ3v) is 5.03. The Morgan fingerprint density at radius 1 is 1.42 bits per heavy atom. The maximum Gasteiger partial charge on any atom is 0.469 e. The third-order valence-electron chi connectivity index (χ3n) is 4.55. The number of fused-ring (bicyclic) bond motifs is 1. The molecule has 2 aromatic heterocycles. The SMILES string of the molecule is CCNC(=O)[C@@H](C)Nc1nc2c(ncn2[C@@H]2O[C@H](COP(=O)(O)O)[C@@H](O)[C@H]2O)c(=O)[nH]1. The Morgan fingerprint density at radius 3 is 2.77 bits per heavy atom. The number of phosphoric acid groups is 1. The summed E-state index contributed by atoms with van der Waals surface area (Å²) in [5.41, 5.74) is -0.720. The molecule has 1 saturated heterocycles. The van der Waals surface area contributed by atoms with Crippen LogP contribution in [0.4, 0.5) is 5.95 Å². The zero-order valence-electron chi connectivity index (χ0n) is 16.5. The number of imidazole rings is 1. The first-order chi connectivity index (χ1) is 14.5. The third kappa shape index (κ3) is 5.10. The van der Waals surface area contributed by atoms with E-state index in [-0.39, 0.29) is 23.0 Å². The van der Waals surface area contributed by atoms with Crippen molar-refractivity contribution in [2.24, 2.45) is 0 Å². The number of nitrogens with zero attached hydrogens (tertiary/aromatic N) is 3. The van der Waals surface area contributed by atoms with Gasteiger partial charge in [0.1, 0.15) is 24.4 Å². The summed E-state index contributed by atoms with van der Waals surface area (Å²) in [4.78, 5) is 52.5. The molecule has 0 aliphatic carbocycles. The minimum absolute atomic E-state index is 0.0119. The molecule has 16 heteroatoms. The van der Waals surface area contributed by atoms with Crippen molar-refractivity contribution >= 4 is 30.8 Å². The number of likely N-dealkylation sites (N-methyl/N-ethyl adjacent to an activating group) is 1. The molecule has 1 aliphatic heterocycles. The van der Waals surface area contributed by atoms with Gasteiger partial charge >= 0.3 is 7.82 Å². The fourth-order valence-electron chi connectivity index (χ4n) is 3.05. The van der Waals surface area contributed by atoms with Gasteiger partial charge in [-0.25, -0.2) is 9.55 Å². The van der Waals surface area contributed by atoms with Gasteiger partial charge in [0.25, 0.3) is 5.56 Å². The number of carbonyl (C=O) groups excluding carboxylic acids is 1. The van der Waals surface area contributed by atoms with Crippen LogP contribution in [0.1, 0.15) is 20.1 Å². The van der Waals surface area contributed by atoms with Gasteiger partial charge in [-0.05, 0) is 13.8 Å². The fraction of sp³-hybridized carbons (Fsp3) is 0.600. The number of aliphatic hydroxyl groups is 2. The largest absolute Gasteiger partial charge is 0.469 e. The van der Waals surface area contributed by atoms with Crippen molar-refractivity contribution in [1.82, 2.24) is 24.8 Å². The summed E-state index contributed by atoms with van der Waals surface area (Å²) in [5, 5.41) is 25.9. The molecule has 15 nitrogen and oxygen atoms in total. The molecule has 0 bridgehead atoms. The van der Waals surface area contributed by atoms with Crippen molar-refractivity contribution in [2.45, 2.75) is 44.4 Å². The predicted molar refractivity (Wildman–Crippen MR) is 104 cm³/mol. The number of ether oxygens (including phenoxy) is 1. The van der Waals surface area contributed by atoms with Crippen LogP contribution in [0.5, 0.6) is 0 Å². The Labute approximate surface area is 174 Å². The van der Waals surface area contributed by atoms with Crippen LogP contribution in [0.3, 0.4) is 0 Å². The van der Waals surface area contributed by atoms with Gasteiger partial charge in [0.2, 0.25) is 11.9 Å². The van der Waals surface area contributed by atoms with Crippen molar-refractivity contribution < 1.29 is 38.6 Å². The number of H-pyrrole nitrogens is 1. The zero-order valence-corrected chi connectivity index (χ0v) is 17.4. The topological polar surface area (TPSA) is 221 Å². The summed E-state index contributed by atoms with van der Waals surface area (Å²) in [6, 6.07) is -0.721. The second-order valence-corrected chi connectivity index (χ2v) is 8.07. The van der Waals surface area contributed by atoms with Crippen LogP contribution >= 0.6 is 7.82 Å². The molecule has 2 aromatic rings. The van der Waals surface area contributed by atoms with Crippen molar-refractivity contribution in [1.29, 1.82) is 0 Å². The van der Waals surface area contributed by atoms with Crippen LogP contribution in [-0.2, 0) is 18.6 Å². The van der Waals surface area contributed by atoms with Gasteiger partial charge in [0.15, 0.2) is 17.4 Å². The van der Waals surface area contributed by atoms with Gasteiger partial charge in [-0.1, -0.05) is 0 Å².